The van der Waals surface area contributed by atoms with E-state index in [-0.39, 0.29) is 17.4 Å². The van der Waals surface area contributed by atoms with Crippen molar-refractivity contribution in [2.24, 2.45) is 5.92 Å². The lowest BCUT2D eigenvalue weighted by Gasteiger charge is -2.13. The van der Waals surface area contributed by atoms with Crippen molar-refractivity contribution in [1.29, 1.82) is 0 Å². The molecule has 1 saturated heterocycles. The smallest absolute Gasteiger partial charge is 0.252 e. The van der Waals surface area contributed by atoms with Gasteiger partial charge in [0.25, 0.3) is 5.56 Å². The molecule has 1 aliphatic heterocycles. The zero-order valence-electron chi connectivity index (χ0n) is 7.94. The molecule has 0 aromatic carbocycles. The Hall–Kier alpha value is -1.36. The van der Waals surface area contributed by atoms with E-state index in [9.17, 15) is 9.59 Å². The maximum Gasteiger partial charge on any atom is 0.252 e. The second-order valence-electron chi connectivity index (χ2n) is 3.49. The van der Waals surface area contributed by atoms with E-state index in [4.69, 9.17) is 11.6 Å². The van der Waals surface area contributed by atoms with E-state index in [1.54, 1.807) is 0 Å². The van der Waals surface area contributed by atoms with Crippen LogP contribution in [0.1, 0.15) is 6.42 Å². The summed E-state index contributed by atoms with van der Waals surface area (Å²) in [6, 6.07) is 1.31. The van der Waals surface area contributed by atoms with E-state index in [2.05, 4.69) is 9.97 Å². The van der Waals surface area contributed by atoms with Gasteiger partial charge >= 0.3 is 0 Å². The lowest BCUT2D eigenvalue weighted by molar-refractivity contribution is -0.117. The minimum atomic E-state index is -0.262. The maximum absolute atomic E-state index is 11.6. The van der Waals surface area contributed by atoms with Gasteiger partial charge in [0.2, 0.25) is 11.9 Å². The highest BCUT2D eigenvalue weighted by molar-refractivity contribution is 6.18. The molecule has 0 bridgehead atoms. The molecule has 0 saturated carbocycles. The second kappa shape index (κ2) is 4.02. The highest BCUT2D eigenvalue weighted by Gasteiger charge is 2.31. The van der Waals surface area contributed by atoms with Crippen molar-refractivity contribution in [3.8, 4) is 0 Å². The number of carbonyl (C=O) groups excluding carboxylic acids is 1. The number of H-pyrrole nitrogens is 1. The molecule has 1 amide bonds. The van der Waals surface area contributed by atoms with Crippen LogP contribution in [0, 0.1) is 5.92 Å². The number of halogens is 1. The molecular formula is C9H10ClN3O2. The van der Waals surface area contributed by atoms with Crippen LogP contribution < -0.4 is 10.5 Å². The van der Waals surface area contributed by atoms with Gasteiger partial charge in [-0.3, -0.25) is 19.5 Å². The van der Waals surface area contributed by atoms with Crippen LogP contribution in [0.5, 0.6) is 0 Å². The van der Waals surface area contributed by atoms with Crippen molar-refractivity contribution < 1.29 is 4.79 Å². The molecule has 2 rings (SSSR count). The third-order valence-corrected chi connectivity index (χ3v) is 2.77. The van der Waals surface area contributed by atoms with E-state index in [1.807, 2.05) is 0 Å². The van der Waals surface area contributed by atoms with Crippen LogP contribution in [-0.2, 0) is 4.79 Å². The van der Waals surface area contributed by atoms with E-state index < -0.39 is 0 Å². The van der Waals surface area contributed by atoms with Crippen molar-refractivity contribution in [2.45, 2.75) is 6.42 Å². The molecule has 1 fully saturated rings. The summed E-state index contributed by atoms with van der Waals surface area (Å²) in [6.45, 7) is 0.523. The largest absolute Gasteiger partial charge is 0.292 e. The first kappa shape index (κ1) is 10.2. The van der Waals surface area contributed by atoms with E-state index >= 15 is 0 Å². The molecule has 15 heavy (non-hydrogen) atoms. The van der Waals surface area contributed by atoms with Crippen LogP contribution in [0.4, 0.5) is 5.95 Å². The van der Waals surface area contributed by atoms with Gasteiger partial charge in [-0.1, -0.05) is 0 Å². The molecule has 1 unspecified atom stereocenters. The van der Waals surface area contributed by atoms with Gasteiger partial charge in [-0.15, -0.1) is 11.6 Å². The van der Waals surface area contributed by atoms with Crippen molar-refractivity contribution in [2.75, 3.05) is 17.3 Å². The fourth-order valence-electron chi connectivity index (χ4n) is 1.59. The first-order valence-electron chi connectivity index (χ1n) is 4.62. The molecule has 1 aromatic heterocycles. The third kappa shape index (κ3) is 2.02. The quantitative estimate of drug-likeness (QED) is 0.742. The number of rotatable bonds is 2. The molecule has 0 radical (unpaired) electrons. The fraction of sp³-hybridized carbons (Fsp3) is 0.444. The second-order valence-corrected chi connectivity index (χ2v) is 3.80. The molecule has 80 valence electrons. The summed E-state index contributed by atoms with van der Waals surface area (Å²) >= 11 is 5.69. The summed E-state index contributed by atoms with van der Waals surface area (Å²) in [6.07, 6.45) is 1.80. The predicted octanol–water partition coefficient (Wildman–Crippen LogP) is 0.362. The van der Waals surface area contributed by atoms with Gasteiger partial charge in [0, 0.05) is 31.1 Å². The topological polar surface area (TPSA) is 66.1 Å². The summed E-state index contributed by atoms with van der Waals surface area (Å²) in [5, 5.41) is 0. The number of nitrogens with one attached hydrogen (secondary N) is 1. The zero-order chi connectivity index (χ0) is 10.8. The number of carbonyl (C=O) groups is 1. The van der Waals surface area contributed by atoms with E-state index in [0.29, 0.717) is 24.8 Å². The van der Waals surface area contributed by atoms with Crippen LogP contribution in [0.25, 0.3) is 0 Å². The van der Waals surface area contributed by atoms with Crippen molar-refractivity contribution in [3.63, 3.8) is 0 Å². The number of aromatic amines is 1. The molecule has 1 aliphatic rings. The molecule has 5 nitrogen and oxygen atoms in total. The Morgan fingerprint density at radius 1 is 1.60 bits per heavy atom. The Bertz CT molecular complexity index is 431. The van der Waals surface area contributed by atoms with Gasteiger partial charge in [-0.05, 0) is 5.92 Å². The lowest BCUT2D eigenvalue weighted by Crippen LogP contribution is -2.28. The highest BCUT2D eigenvalue weighted by Crippen LogP contribution is 2.21. The fourth-order valence-corrected chi connectivity index (χ4v) is 1.79. The summed E-state index contributed by atoms with van der Waals surface area (Å²) in [7, 11) is 0. The number of alkyl halides is 1. The monoisotopic (exact) mass is 227 g/mol. The molecule has 0 aliphatic carbocycles. The molecule has 1 atom stereocenters. The van der Waals surface area contributed by atoms with Gasteiger partial charge in [0.15, 0.2) is 0 Å². The van der Waals surface area contributed by atoms with E-state index in [1.165, 1.54) is 17.2 Å². The molecule has 0 spiro atoms. The standard InChI is InChI=1S/C9H10ClN3O2/c10-4-6-3-8(15)13(5-6)9-11-2-1-7(14)12-9/h1-2,6H,3-5H2,(H,11,12,14). The molecule has 6 heteroatoms. The number of anilines is 1. The Morgan fingerprint density at radius 2 is 2.40 bits per heavy atom. The maximum atomic E-state index is 11.6. The average Bonchev–Trinajstić information content (AvgIpc) is 2.60. The molecule has 1 aromatic rings. The summed E-state index contributed by atoms with van der Waals surface area (Å²) in [5.74, 6) is 0.846. The number of aromatic nitrogens is 2. The van der Waals surface area contributed by atoms with Gasteiger partial charge in [0.1, 0.15) is 0 Å². The summed E-state index contributed by atoms with van der Waals surface area (Å²) in [5.41, 5.74) is -0.262. The number of nitrogens with zero attached hydrogens (tertiary/aromatic N) is 2. The highest BCUT2D eigenvalue weighted by atomic mass is 35.5. The minimum absolute atomic E-state index is 0.0463. The van der Waals surface area contributed by atoms with E-state index in [0.717, 1.165) is 0 Å². The third-order valence-electron chi connectivity index (χ3n) is 2.34. The minimum Gasteiger partial charge on any atom is -0.292 e. The lowest BCUT2D eigenvalue weighted by atomic mass is 10.2. The Kier molecular flexibility index (Phi) is 2.73. The molecule has 2 heterocycles. The first-order valence-corrected chi connectivity index (χ1v) is 5.16. The van der Waals surface area contributed by atoms with Crippen molar-refractivity contribution in [3.05, 3.63) is 22.6 Å². The number of hydrogen-bond donors (Lipinski definition) is 1. The van der Waals surface area contributed by atoms with Crippen LogP contribution in [0.3, 0.4) is 0 Å². The van der Waals surface area contributed by atoms with Gasteiger partial charge in [-0.2, -0.15) is 0 Å². The van der Waals surface area contributed by atoms with Crippen LogP contribution in [0.2, 0.25) is 0 Å². The van der Waals surface area contributed by atoms with Crippen LogP contribution in [-0.4, -0.2) is 28.3 Å². The Morgan fingerprint density at radius 3 is 3.00 bits per heavy atom. The first-order chi connectivity index (χ1) is 7.20. The molecule has 1 N–H and O–H groups in total. The molecular weight excluding hydrogens is 218 g/mol. The predicted molar refractivity (Wildman–Crippen MR) is 56.0 cm³/mol. The normalized spacial score (nSPS) is 21.0. The number of amides is 1. The Labute approximate surface area is 91.1 Å². The van der Waals surface area contributed by atoms with Crippen molar-refractivity contribution in [1.82, 2.24) is 9.97 Å². The Balaban J connectivity index is 2.25. The summed E-state index contributed by atoms with van der Waals surface area (Å²) in [4.78, 5) is 30.5. The zero-order valence-corrected chi connectivity index (χ0v) is 8.70. The van der Waals surface area contributed by atoms with Crippen LogP contribution >= 0.6 is 11.6 Å². The van der Waals surface area contributed by atoms with Gasteiger partial charge in [0.05, 0.1) is 0 Å². The van der Waals surface area contributed by atoms with Gasteiger partial charge < -0.3 is 0 Å². The van der Waals surface area contributed by atoms with Crippen LogP contribution in [0.15, 0.2) is 17.1 Å². The summed E-state index contributed by atoms with van der Waals surface area (Å²) < 4.78 is 0. The van der Waals surface area contributed by atoms with Gasteiger partial charge in [-0.25, -0.2) is 4.98 Å². The average molecular weight is 228 g/mol. The number of hydrogen-bond acceptors (Lipinski definition) is 3. The van der Waals surface area contributed by atoms with Crippen molar-refractivity contribution >= 4 is 23.5 Å². The SMILES string of the molecule is O=C1CC(CCl)CN1c1nccc(=O)[nH]1.